The molecule has 3 aromatic rings. The van der Waals surface area contributed by atoms with Crippen molar-refractivity contribution >= 4 is 32.5 Å². The lowest BCUT2D eigenvalue weighted by Crippen LogP contribution is -2.19. The van der Waals surface area contributed by atoms with Crippen LogP contribution in [0.1, 0.15) is 24.5 Å². The van der Waals surface area contributed by atoms with Crippen LogP contribution in [0.4, 0.5) is 0 Å². The van der Waals surface area contributed by atoms with Crippen molar-refractivity contribution in [2.75, 3.05) is 0 Å². The third kappa shape index (κ3) is 1.57. The highest BCUT2D eigenvalue weighted by atomic mass is 79.9. The maximum Gasteiger partial charge on any atom is 0.261 e. The smallest absolute Gasteiger partial charge is 0.261 e. The predicted molar refractivity (Wildman–Crippen MR) is 77.6 cm³/mol. The van der Waals surface area contributed by atoms with Gasteiger partial charge in [0.2, 0.25) is 0 Å². The van der Waals surface area contributed by atoms with E-state index in [1.165, 1.54) is 12.8 Å². The van der Waals surface area contributed by atoms with Crippen LogP contribution in [0.25, 0.3) is 16.6 Å². The Balaban J connectivity index is 2.21. The molecular formula is C14H12BrN3O. The van der Waals surface area contributed by atoms with Crippen LogP contribution < -0.4 is 5.56 Å². The molecule has 19 heavy (non-hydrogen) atoms. The summed E-state index contributed by atoms with van der Waals surface area (Å²) in [4.78, 5) is 12.4. The van der Waals surface area contributed by atoms with Gasteiger partial charge in [0.05, 0.1) is 16.6 Å². The highest BCUT2D eigenvalue weighted by Crippen LogP contribution is 2.39. The summed E-state index contributed by atoms with van der Waals surface area (Å²) in [6, 6.07) is 7.73. The van der Waals surface area contributed by atoms with E-state index >= 15 is 0 Å². The van der Waals surface area contributed by atoms with Crippen LogP contribution in [0.2, 0.25) is 0 Å². The first kappa shape index (κ1) is 11.2. The van der Waals surface area contributed by atoms with Gasteiger partial charge in [-0.3, -0.25) is 9.36 Å². The van der Waals surface area contributed by atoms with E-state index in [-0.39, 0.29) is 5.56 Å². The zero-order valence-corrected chi connectivity index (χ0v) is 12.0. The fourth-order valence-electron chi connectivity index (χ4n) is 2.53. The van der Waals surface area contributed by atoms with Crippen molar-refractivity contribution in [3.05, 3.63) is 44.8 Å². The minimum Gasteiger partial charge on any atom is -0.296 e. The fraction of sp³-hybridized carbons (Fsp3) is 0.286. The summed E-state index contributed by atoms with van der Waals surface area (Å²) < 4.78 is 4.52. The van der Waals surface area contributed by atoms with Gasteiger partial charge < -0.3 is 0 Å². The Labute approximate surface area is 117 Å². The number of hydrogen-bond donors (Lipinski definition) is 0. The standard InChI is InChI=1S/C14H12BrN3O/c1-17-13-7-11(8-2-3-8)16-18(13)12-6-9(15)4-5-10(12)14(17)19/h4-8H,2-3H2,1H3. The molecule has 0 saturated heterocycles. The second-order valence-corrected chi connectivity index (χ2v) is 6.05. The van der Waals surface area contributed by atoms with E-state index in [2.05, 4.69) is 21.0 Å². The highest BCUT2D eigenvalue weighted by Gasteiger charge is 2.27. The SMILES string of the molecule is Cn1c(=O)c2ccc(Br)cc2n2nc(C3CC3)cc12. The molecule has 0 atom stereocenters. The van der Waals surface area contributed by atoms with Crippen molar-refractivity contribution in [2.24, 2.45) is 7.05 Å². The van der Waals surface area contributed by atoms with Gasteiger partial charge in [-0.2, -0.15) is 5.10 Å². The van der Waals surface area contributed by atoms with E-state index in [1.54, 1.807) is 11.6 Å². The molecule has 0 amide bonds. The van der Waals surface area contributed by atoms with Gasteiger partial charge in [-0.05, 0) is 31.0 Å². The first-order chi connectivity index (χ1) is 9.15. The van der Waals surface area contributed by atoms with Crippen LogP contribution in [0.5, 0.6) is 0 Å². The first-order valence-corrected chi connectivity index (χ1v) is 7.12. The molecule has 0 spiro atoms. The molecule has 1 saturated carbocycles. The lowest BCUT2D eigenvalue weighted by atomic mass is 10.2. The lowest BCUT2D eigenvalue weighted by molar-refractivity contribution is 0.838. The molecule has 1 fully saturated rings. The van der Waals surface area contributed by atoms with Crippen molar-refractivity contribution in [1.29, 1.82) is 0 Å². The largest absolute Gasteiger partial charge is 0.296 e. The minimum atomic E-state index is 0.0252. The zero-order valence-electron chi connectivity index (χ0n) is 10.4. The Hall–Kier alpha value is -1.62. The quantitative estimate of drug-likeness (QED) is 0.692. The van der Waals surface area contributed by atoms with Crippen molar-refractivity contribution in [1.82, 2.24) is 14.2 Å². The molecule has 1 aromatic carbocycles. The van der Waals surface area contributed by atoms with E-state index < -0.39 is 0 Å². The summed E-state index contributed by atoms with van der Waals surface area (Å²) in [5, 5.41) is 5.38. The maximum atomic E-state index is 12.4. The molecule has 0 N–H and O–H groups in total. The van der Waals surface area contributed by atoms with Gasteiger partial charge in [-0.25, -0.2) is 4.52 Å². The van der Waals surface area contributed by atoms with Crippen LogP contribution >= 0.6 is 15.9 Å². The average molecular weight is 318 g/mol. The summed E-state index contributed by atoms with van der Waals surface area (Å²) in [7, 11) is 1.80. The van der Waals surface area contributed by atoms with E-state index in [0.717, 1.165) is 21.3 Å². The summed E-state index contributed by atoms with van der Waals surface area (Å²) in [5.74, 6) is 0.581. The van der Waals surface area contributed by atoms with Crippen molar-refractivity contribution in [2.45, 2.75) is 18.8 Å². The lowest BCUT2D eigenvalue weighted by Gasteiger charge is -2.06. The van der Waals surface area contributed by atoms with Gasteiger partial charge in [0.1, 0.15) is 5.65 Å². The number of aromatic nitrogens is 3. The van der Waals surface area contributed by atoms with Crippen molar-refractivity contribution in [3.8, 4) is 0 Å². The van der Waals surface area contributed by atoms with E-state index in [1.807, 2.05) is 28.8 Å². The van der Waals surface area contributed by atoms with E-state index in [9.17, 15) is 4.79 Å². The molecule has 4 rings (SSSR count). The van der Waals surface area contributed by atoms with Crippen LogP contribution in [0, 0.1) is 0 Å². The normalized spacial score (nSPS) is 15.5. The molecule has 1 aliphatic carbocycles. The summed E-state index contributed by atoms with van der Waals surface area (Å²) >= 11 is 3.46. The molecule has 1 aliphatic rings. The maximum absolute atomic E-state index is 12.4. The molecular weight excluding hydrogens is 306 g/mol. The number of fused-ring (bicyclic) bond motifs is 3. The van der Waals surface area contributed by atoms with Crippen LogP contribution in [0.3, 0.4) is 0 Å². The zero-order chi connectivity index (χ0) is 13.1. The van der Waals surface area contributed by atoms with Crippen molar-refractivity contribution in [3.63, 3.8) is 0 Å². The minimum absolute atomic E-state index is 0.0252. The van der Waals surface area contributed by atoms with Gasteiger partial charge >= 0.3 is 0 Å². The monoisotopic (exact) mass is 317 g/mol. The summed E-state index contributed by atoms with van der Waals surface area (Å²) in [5.41, 5.74) is 2.84. The second kappa shape index (κ2) is 3.70. The van der Waals surface area contributed by atoms with E-state index in [0.29, 0.717) is 11.3 Å². The fourth-order valence-corrected chi connectivity index (χ4v) is 2.88. The average Bonchev–Trinajstić information content (AvgIpc) is 3.15. The Bertz CT molecular complexity index is 874. The third-order valence-corrected chi connectivity index (χ3v) is 4.26. The number of halogens is 1. The Kier molecular flexibility index (Phi) is 2.18. The van der Waals surface area contributed by atoms with Gasteiger partial charge in [-0.1, -0.05) is 15.9 Å². The van der Waals surface area contributed by atoms with Crippen LogP contribution in [0.15, 0.2) is 33.5 Å². The molecule has 2 aromatic heterocycles. The number of aryl methyl sites for hydroxylation is 1. The van der Waals surface area contributed by atoms with Gasteiger partial charge in [0.15, 0.2) is 0 Å². The second-order valence-electron chi connectivity index (χ2n) is 5.14. The van der Waals surface area contributed by atoms with Gasteiger partial charge in [0, 0.05) is 23.5 Å². The molecule has 4 nitrogen and oxygen atoms in total. The Morgan fingerprint density at radius 3 is 2.84 bits per heavy atom. The molecule has 96 valence electrons. The summed E-state index contributed by atoms with van der Waals surface area (Å²) in [6.07, 6.45) is 2.42. The Morgan fingerprint density at radius 1 is 1.32 bits per heavy atom. The molecule has 0 aliphatic heterocycles. The molecule has 2 heterocycles. The number of rotatable bonds is 1. The molecule has 0 bridgehead atoms. The molecule has 0 unspecified atom stereocenters. The van der Waals surface area contributed by atoms with Gasteiger partial charge in [-0.15, -0.1) is 0 Å². The third-order valence-electron chi connectivity index (χ3n) is 3.77. The number of nitrogens with zero attached hydrogens (tertiary/aromatic N) is 3. The molecule has 5 heteroatoms. The molecule has 0 radical (unpaired) electrons. The van der Waals surface area contributed by atoms with Gasteiger partial charge in [0.25, 0.3) is 5.56 Å². The number of hydrogen-bond acceptors (Lipinski definition) is 2. The topological polar surface area (TPSA) is 39.3 Å². The number of benzene rings is 1. The van der Waals surface area contributed by atoms with Crippen LogP contribution in [-0.4, -0.2) is 14.2 Å². The van der Waals surface area contributed by atoms with Crippen molar-refractivity contribution < 1.29 is 0 Å². The first-order valence-electron chi connectivity index (χ1n) is 6.33. The highest BCUT2D eigenvalue weighted by molar-refractivity contribution is 9.10. The van der Waals surface area contributed by atoms with Crippen LogP contribution in [-0.2, 0) is 7.05 Å². The summed E-state index contributed by atoms with van der Waals surface area (Å²) in [6.45, 7) is 0. The Morgan fingerprint density at radius 2 is 2.11 bits per heavy atom. The van der Waals surface area contributed by atoms with E-state index in [4.69, 9.17) is 0 Å². The predicted octanol–water partition coefficient (Wildman–Crippen LogP) is 2.83.